The van der Waals surface area contributed by atoms with Crippen molar-refractivity contribution in [2.24, 2.45) is 11.7 Å². The molecule has 1 atom stereocenters. The smallest absolute Gasteiger partial charge is 0.255 e. The van der Waals surface area contributed by atoms with E-state index in [1.54, 1.807) is 24.3 Å². The van der Waals surface area contributed by atoms with Crippen molar-refractivity contribution in [3.05, 3.63) is 65.5 Å². The van der Waals surface area contributed by atoms with Crippen LogP contribution in [0.3, 0.4) is 0 Å². The first-order chi connectivity index (χ1) is 13.5. The van der Waals surface area contributed by atoms with Gasteiger partial charge in [-0.15, -0.1) is 0 Å². The molecule has 1 aliphatic heterocycles. The van der Waals surface area contributed by atoms with E-state index in [4.69, 9.17) is 10.5 Å². The fraction of sp³-hybridized carbons (Fsp3) is 0.333. The molecule has 148 valence electrons. The molecule has 0 bridgehead atoms. The quantitative estimate of drug-likeness (QED) is 0.712. The molecule has 7 heteroatoms. The molecule has 2 aromatic rings. The molecule has 2 aromatic carbocycles. The lowest BCUT2D eigenvalue weighted by molar-refractivity contribution is -0.124. The van der Waals surface area contributed by atoms with E-state index in [2.05, 4.69) is 10.6 Å². The van der Waals surface area contributed by atoms with Crippen molar-refractivity contribution in [2.75, 3.05) is 18.5 Å². The number of carbonyl (C=O) groups excluding carboxylic acids is 2. The van der Waals surface area contributed by atoms with Crippen LogP contribution in [0.4, 0.5) is 10.1 Å². The molecular formula is C21H24FN3O3. The van der Waals surface area contributed by atoms with Crippen LogP contribution in [0.5, 0.6) is 0 Å². The summed E-state index contributed by atoms with van der Waals surface area (Å²) in [6.45, 7) is 1.58. The van der Waals surface area contributed by atoms with Crippen molar-refractivity contribution in [2.45, 2.75) is 25.4 Å². The summed E-state index contributed by atoms with van der Waals surface area (Å²) in [4.78, 5) is 24.5. The Morgan fingerprint density at radius 2 is 1.89 bits per heavy atom. The van der Waals surface area contributed by atoms with Gasteiger partial charge in [0, 0.05) is 31.0 Å². The zero-order valence-corrected chi connectivity index (χ0v) is 15.5. The molecule has 0 aliphatic carbocycles. The predicted molar refractivity (Wildman–Crippen MR) is 104 cm³/mol. The first-order valence-corrected chi connectivity index (χ1v) is 9.30. The van der Waals surface area contributed by atoms with E-state index < -0.39 is 17.8 Å². The molecule has 0 saturated carbocycles. The maximum Gasteiger partial charge on any atom is 0.255 e. The molecule has 1 saturated heterocycles. The maximum atomic E-state index is 13.3. The summed E-state index contributed by atoms with van der Waals surface area (Å²) in [5.41, 5.74) is 7.70. The van der Waals surface area contributed by atoms with Crippen LogP contribution in [-0.4, -0.2) is 31.1 Å². The van der Waals surface area contributed by atoms with Crippen LogP contribution in [-0.2, 0) is 16.1 Å². The summed E-state index contributed by atoms with van der Waals surface area (Å²) in [5, 5.41) is 5.58. The zero-order chi connectivity index (χ0) is 19.9. The van der Waals surface area contributed by atoms with E-state index in [0.29, 0.717) is 25.4 Å². The van der Waals surface area contributed by atoms with Gasteiger partial charge in [0.1, 0.15) is 5.82 Å². The predicted octanol–water partition coefficient (Wildman–Crippen LogP) is 2.45. The minimum absolute atomic E-state index is 0.130. The van der Waals surface area contributed by atoms with E-state index >= 15 is 0 Å². The van der Waals surface area contributed by atoms with E-state index in [-0.39, 0.29) is 17.4 Å². The van der Waals surface area contributed by atoms with Crippen LogP contribution in [0.25, 0.3) is 0 Å². The van der Waals surface area contributed by atoms with Crippen molar-refractivity contribution in [3.8, 4) is 0 Å². The Morgan fingerprint density at radius 3 is 2.64 bits per heavy atom. The van der Waals surface area contributed by atoms with Crippen LogP contribution in [0.2, 0.25) is 0 Å². The Labute approximate surface area is 163 Å². The number of hydrogen-bond acceptors (Lipinski definition) is 4. The molecule has 1 fully saturated rings. The second-order valence-electron chi connectivity index (χ2n) is 6.86. The van der Waals surface area contributed by atoms with Gasteiger partial charge in [0.25, 0.3) is 5.91 Å². The van der Waals surface area contributed by atoms with Gasteiger partial charge in [0.2, 0.25) is 5.91 Å². The monoisotopic (exact) mass is 385 g/mol. The second kappa shape index (κ2) is 9.43. The minimum Gasteiger partial charge on any atom is -0.381 e. The summed E-state index contributed by atoms with van der Waals surface area (Å²) < 4.78 is 18.6. The lowest BCUT2D eigenvalue weighted by Crippen LogP contribution is -2.46. The van der Waals surface area contributed by atoms with Gasteiger partial charge in [-0.1, -0.05) is 18.2 Å². The van der Waals surface area contributed by atoms with Crippen molar-refractivity contribution >= 4 is 17.5 Å². The standard InChI is InChI=1S/C21H24FN3O3/c22-17-5-2-4-16(12-17)20(26)25-18-6-1-3-14(11-18)13-24-21(27)19(23)15-7-9-28-10-8-15/h1-6,11-12,15,19H,7-10,13,23H2,(H,24,27)(H,25,26). The average molecular weight is 385 g/mol. The van der Waals surface area contributed by atoms with Crippen molar-refractivity contribution < 1.29 is 18.7 Å². The van der Waals surface area contributed by atoms with Gasteiger partial charge in [-0.3, -0.25) is 9.59 Å². The SMILES string of the molecule is NC(C(=O)NCc1cccc(NC(=O)c2cccc(F)c2)c1)C1CCOCC1. The van der Waals surface area contributed by atoms with E-state index in [0.717, 1.165) is 18.4 Å². The van der Waals surface area contributed by atoms with Crippen LogP contribution in [0.15, 0.2) is 48.5 Å². The van der Waals surface area contributed by atoms with Gasteiger partial charge in [0.15, 0.2) is 0 Å². The third-order valence-electron chi connectivity index (χ3n) is 4.81. The molecule has 0 aromatic heterocycles. The molecule has 0 radical (unpaired) electrons. The number of rotatable bonds is 6. The fourth-order valence-corrected chi connectivity index (χ4v) is 3.19. The van der Waals surface area contributed by atoms with E-state index in [9.17, 15) is 14.0 Å². The highest BCUT2D eigenvalue weighted by Gasteiger charge is 2.26. The largest absolute Gasteiger partial charge is 0.381 e. The zero-order valence-electron chi connectivity index (χ0n) is 15.5. The van der Waals surface area contributed by atoms with E-state index in [1.807, 2.05) is 6.07 Å². The normalized spacial score (nSPS) is 15.6. The van der Waals surface area contributed by atoms with Crippen molar-refractivity contribution in [3.63, 3.8) is 0 Å². The molecule has 4 N–H and O–H groups in total. The van der Waals surface area contributed by atoms with Gasteiger partial charge in [-0.25, -0.2) is 4.39 Å². The first kappa shape index (κ1) is 20.0. The lowest BCUT2D eigenvalue weighted by Gasteiger charge is -2.26. The topological polar surface area (TPSA) is 93.5 Å². The number of nitrogens with two attached hydrogens (primary N) is 1. The highest BCUT2D eigenvalue weighted by Crippen LogP contribution is 2.18. The van der Waals surface area contributed by atoms with Crippen molar-refractivity contribution in [1.29, 1.82) is 0 Å². The minimum atomic E-state index is -0.556. The van der Waals surface area contributed by atoms with Crippen LogP contribution >= 0.6 is 0 Å². The maximum absolute atomic E-state index is 13.3. The summed E-state index contributed by atoms with van der Waals surface area (Å²) in [7, 11) is 0. The van der Waals surface area contributed by atoms with Crippen LogP contribution < -0.4 is 16.4 Å². The van der Waals surface area contributed by atoms with Gasteiger partial charge >= 0.3 is 0 Å². The first-order valence-electron chi connectivity index (χ1n) is 9.30. The number of amides is 2. The Bertz CT molecular complexity index is 837. The molecule has 2 amide bonds. The van der Waals surface area contributed by atoms with Crippen LogP contribution in [0.1, 0.15) is 28.8 Å². The second-order valence-corrected chi connectivity index (χ2v) is 6.86. The van der Waals surface area contributed by atoms with Crippen molar-refractivity contribution in [1.82, 2.24) is 5.32 Å². The molecule has 28 heavy (non-hydrogen) atoms. The third-order valence-corrected chi connectivity index (χ3v) is 4.81. The molecule has 6 nitrogen and oxygen atoms in total. The molecule has 1 unspecified atom stereocenters. The molecule has 1 heterocycles. The number of halogens is 1. The summed E-state index contributed by atoms with van der Waals surface area (Å²) >= 11 is 0. The summed E-state index contributed by atoms with van der Waals surface area (Å²) in [6.07, 6.45) is 1.58. The number of ether oxygens (including phenoxy) is 1. The number of nitrogens with one attached hydrogen (secondary N) is 2. The van der Waals surface area contributed by atoms with Gasteiger partial charge < -0.3 is 21.1 Å². The summed E-state index contributed by atoms with van der Waals surface area (Å²) in [5.74, 6) is -0.932. The number of benzene rings is 2. The van der Waals surface area contributed by atoms with Gasteiger partial charge in [0.05, 0.1) is 6.04 Å². The Morgan fingerprint density at radius 1 is 1.14 bits per heavy atom. The molecule has 3 rings (SSSR count). The molecular weight excluding hydrogens is 361 g/mol. The Hall–Kier alpha value is -2.77. The highest BCUT2D eigenvalue weighted by atomic mass is 19.1. The Balaban J connectivity index is 1.55. The highest BCUT2D eigenvalue weighted by molar-refractivity contribution is 6.04. The molecule has 0 spiro atoms. The average Bonchev–Trinajstić information content (AvgIpc) is 2.72. The van der Waals surface area contributed by atoms with E-state index in [1.165, 1.54) is 18.2 Å². The van der Waals surface area contributed by atoms with Gasteiger partial charge in [-0.2, -0.15) is 0 Å². The van der Waals surface area contributed by atoms with Gasteiger partial charge in [-0.05, 0) is 54.7 Å². The lowest BCUT2D eigenvalue weighted by atomic mass is 9.92. The van der Waals surface area contributed by atoms with Crippen LogP contribution in [0, 0.1) is 11.7 Å². The Kier molecular flexibility index (Phi) is 6.73. The number of hydrogen-bond donors (Lipinski definition) is 3. The summed E-state index contributed by atoms with van der Waals surface area (Å²) in [6, 6.07) is 12.0. The molecule has 1 aliphatic rings. The fourth-order valence-electron chi connectivity index (χ4n) is 3.19. The number of anilines is 1. The third kappa shape index (κ3) is 5.37. The number of carbonyl (C=O) groups is 2.